The highest BCUT2D eigenvalue weighted by atomic mass is 19.1. The number of benzene rings is 1. The van der Waals surface area contributed by atoms with Crippen molar-refractivity contribution in [3.05, 3.63) is 59.5 Å². The number of hydrogen-bond acceptors (Lipinski definition) is 4. The Balaban J connectivity index is 1.87. The molecule has 0 aliphatic carbocycles. The van der Waals surface area contributed by atoms with E-state index in [-0.39, 0.29) is 5.82 Å². The predicted molar refractivity (Wildman–Crippen MR) is 95.0 cm³/mol. The number of hydrogen-bond donors (Lipinski definition) is 2. The van der Waals surface area contributed by atoms with Crippen molar-refractivity contribution in [3.8, 4) is 5.88 Å². The van der Waals surface area contributed by atoms with Crippen LogP contribution in [0.1, 0.15) is 11.1 Å². The Kier molecular flexibility index (Phi) is 7.65. The summed E-state index contributed by atoms with van der Waals surface area (Å²) in [6.45, 7) is 2.01. The molecule has 0 aliphatic rings. The molecule has 2 N–H and O–H groups in total. The summed E-state index contributed by atoms with van der Waals surface area (Å²) in [7, 11) is 3.32. The van der Waals surface area contributed by atoms with Gasteiger partial charge in [0.2, 0.25) is 5.88 Å². The quantitative estimate of drug-likeness (QED) is 0.435. The maximum Gasteiger partial charge on any atom is 0.218 e. The van der Waals surface area contributed by atoms with Gasteiger partial charge in [-0.25, -0.2) is 9.37 Å². The summed E-state index contributed by atoms with van der Waals surface area (Å²) < 4.78 is 23.5. The zero-order valence-electron chi connectivity index (χ0n) is 14.5. The smallest absolute Gasteiger partial charge is 0.218 e. The van der Waals surface area contributed by atoms with Crippen molar-refractivity contribution in [1.29, 1.82) is 0 Å². The highest BCUT2D eigenvalue weighted by Crippen LogP contribution is 2.13. The van der Waals surface area contributed by atoms with E-state index in [1.54, 1.807) is 32.5 Å². The highest BCUT2D eigenvalue weighted by Gasteiger charge is 2.06. The van der Waals surface area contributed by atoms with Gasteiger partial charge < -0.3 is 20.1 Å². The van der Waals surface area contributed by atoms with E-state index in [1.807, 2.05) is 12.1 Å². The van der Waals surface area contributed by atoms with Gasteiger partial charge in [-0.05, 0) is 23.8 Å². The van der Waals surface area contributed by atoms with E-state index in [0.717, 1.165) is 11.1 Å². The molecule has 0 unspecified atom stereocenters. The Bertz CT molecular complexity index is 677. The number of nitrogens with one attached hydrogen (secondary N) is 2. The van der Waals surface area contributed by atoms with E-state index in [0.29, 0.717) is 38.1 Å². The molecule has 0 atom stereocenters. The van der Waals surface area contributed by atoms with Gasteiger partial charge in [0.15, 0.2) is 5.96 Å². The molecular formula is C18H23FN4O2. The minimum atomic E-state index is -0.246. The number of aliphatic imine (C=N–C) groups is 1. The minimum Gasteiger partial charge on any atom is -0.475 e. The molecule has 0 aliphatic heterocycles. The number of nitrogens with zero attached hydrogens (tertiary/aromatic N) is 2. The van der Waals surface area contributed by atoms with Gasteiger partial charge in [-0.3, -0.25) is 4.99 Å². The summed E-state index contributed by atoms with van der Waals surface area (Å²) in [6, 6.07) is 10.1. The maximum atomic E-state index is 12.9. The van der Waals surface area contributed by atoms with Crippen molar-refractivity contribution < 1.29 is 13.9 Å². The molecule has 1 aromatic carbocycles. The second kappa shape index (κ2) is 10.2. The second-order valence-electron chi connectivity index (χ2n) is 5.21. The lowest BCUT2D eigenvalue weighted by Gasteiger charge is -2.14. The van der Waals surface area contributed by atoms with Gasteiger partial charge in [0.1, 0.15) is 12.4 Å². The van der Waals surface area contributed by atoms with Crippen LogP contribution in [0, 0.1) is 5.82 Å². The largest absolute Gasteiger partial charge is 0.475 e. The van der Waals surface area contributed by atoms with Gasteiger partial charge in [0.05, 0.1) is 6.61 Å². The molecule has 0 saturated carbocycles. The summed E-state index contributed by atoms with van der Waals surface area (Å²) in [4.78, 5) is 8.42. The standard InChI is InChI=1S/C18H23FN4O2/c1-20-18(22-12-14-5-7-16(19)8-6-14)23-13-15-4-3-9-21-17(15)25-11-10-24-2/h3-9H,10-13H2,1-2H3,(H2,20,22,23). The van der Waals surface area contributed by atoms with Crippen LogP contribution in [0.15, 0.2) is 47.6 Å². The Hall–Kier alpha value is -2.67. The number of methoxy groups -OCH3 is 1. The minimum absolute atomic E-state index is 0.246. The molecule has 0 fully saturated rings. The molecule has 0 saturated heterocycles. The van der Waals surface area contributed by atoms with Gasteiger partial charge in [-0.15, -0.1) is 0 Å². The van der Waals surface area contributed by atoms with Crippen LogP contribution in [0.5, 0.6) is 5.88 Å². The summed E-state index contributed by atoms with van der Waals surface area (Å²) >= 11 is 0. The van der Waals surface area contributed by atoms with E-state index in [4.69, 9.17) is 9.47 Å². The predicted octanol–water partition coefficient (Wildman–Crippen LogP) is 2.11. The summed E-state index contributed by atoms with van der Waals surface area (Å²) in [5, 5.41) is 6.39. The third kappa shape index (κ3) is 6.39. The molecular weight excluding hydrogens is 323 g/mol. The molecule has 0 radical (unpaired) electrons. The van der Waals surface area contributed by atoms with Gasteiger partial charge in [0, 0.05) is 39.0 Å². The molecule has 0 spiro atoms. The number of ether oxygens (including phenoxy) is 2. The van der Waals surface area contributed by atoms with Crippen molar-refractivity contribution in [1.82, 2.24) is 15.6 Å². The maximum absolute atomic E-state index is 12.9. The molecule has 1 heterocycles. The first-order valence-electron chi connectivity index (χ1n) is 7.97. The fourth-order valence-electron chi connectivity index (χ4n) is 2.10. The molecule has 6 nitrogen and oxygen atoms in total. The van der Waals surface area contributed by atoms with E-state index in [2.05, 4.69) is 20.6 Å². The first-order valence-corrected chi connectivity index (χ1v) is 7.97. The Morgan fingerprint density at radius 2 is 1.88 bits per heavy atom. The lowest BCUT2D eigenvalue weighted by Crippen LogP contribution is -2.36. The van der Waals surface area contributed by atoms with Gasteiger partial charge in [-0.1, -0.05) is 18.2 Å². The zero-order chi connectivity index (χ0) is 17.9. The van der Waals surface area contributed by atoms with Crippen LogP contribution in [-0.2, 0) is 17.8 Å². The number of guanidine groups is 1. The average Bonchev–Trinajstić information content (AvgIpc) is 2.64. The zero-order valence-corrected chi connectivity index (χ0v) is 14.5. The number of pyridine rings is 1. The van der Waals surface area contributed by atoms with Crippen molar-refractivity contribution in [2.45, 2.75) is 13.1 Å². The Morgan fingerprint density at radius 3 is 2.60 bits per heavy atom. The van der Waals surface area contributed by atoms with E-state index in [9.17, 15) is 4.39 Å². The van der Waals surface area contributed by atoms with Crippen molar-refractivity contribution >= 4 is 5.96 Å². The topological polar surface area (TPSA) is 67.8 Å². The normalized spacial score (nSPS) is 11.2. The molecule has 2 rings (SSSR count). The summed E-state index contributed by atoms with van der Waals surface area (Å²) in [5.74, 6) is 0.959. The fourth-order valence-corrected chi connectivity index (χ4v) is 2.10. The molecule has 7 heteroatoms. The molecule has 134 valence electrons. The molecule has 1 aromatic heterocycles. The summed E-state index contributed by atoms with van der Waals surface area (Å²) in [5.41, 5.74) is 1.89. The van der Waals surface area contributed by atoms with Crippen molar-refractivity contribution in [2.75, 3.05) is 27.4 Å². The van der Waals surface area contributed by atoms with Crippen LogP contribution < -0.4 is 15.4 Å². The van der Waals surface area contributed by atoms with Gasteiger partial charge >= 0.3 is 0 Å². The lowest BCUT2D eigenvalue weighted by atomic mass is 10.2. The molecule has 25 heavy (non-hydrogen) atoms. The summed E-state index contributed by atoms with van der Waals surface area (Å²) in [6.07, 6.45) is 1.69. The van der Waals surface area contributed by atoms with Crippen molar-refractivity contribution in [3.63, 3.8) is 0 Å². The van der Waals surface area contributed by atoms with E-state index < -0.39 is 0 Å². The highest BCUT2D eigenvalue weighted by molar-refractivity contribution is 5.79. The average molecular weight is 346 g/mol. The second-order valence-corrected chi connectivity index (χ2v) is 5.21. The Labute approximate surface area is 147 Å². The third-order valence-corrected chi connectivity index (χ3v) is 3.42. The van der Waals surface area contributed by atoms with Crippen LogP contribution in [0.25, 0.3) is 0 Å². The van der Waals surface area contributed by atoms with Crippen LogP contribution in [0.3, 0.4) is 0 Å². The lowest BCUT2D eigenvalue weighted by molar-refractivity contribution is 0.143. The third-order valence-electron chi connectivity index (χ3n) is 3.42. The van der Waals surface area contributed by atoms with Crippen LogP contribution in [-0.4, -0.2) is 38.3 Å². The first kappa shape index (κ1) is 18.7. The molecule has 2 aromatic rings. The van der Waals surface area contributed by atoms with Crippen LogP contribution in [0.4, 0.5) is 4.39 Å². The van der Waals surface area contributed by atoms with Crippen LogP contribution in [0.2, 0.25) is 0 Å². The van der Waals surface area contributed by atoms with Crippen molar-refractivity contribution in [2.24, 2.45) is 4.99 Å². The van der Waals surface area contributed by atoms with Crippen LogP contribution >= 0.6 is 0 Å². The first-order chi connectivity index (χ1) is 12.2. The molecule has 0 bridgehead atoms. The molecule has 0 amide bonds. The van der Waals surface area contributed by atoms with E-state index >= 15 is 0 Å². The van der Waals surface area contributed by atoms with Gasteiger partial charge in [0.25, 0.3) is 0 Å². The number of halogens is 1. The van der Waals surface area contributed by atoms with E-state index in [1.165, 1.54) is 12.1 Å². The van der Waals surface area contributed by atoms with Gasteiger partial charge in [-0.2, -0.15) is 0 Å². The fraction of sp³-hybridized carbons (Fsp3) is 0.333. The number of aromatic nitrogens is 1. The Morgan fingerprint density at radius 1 is 1.12 bits per heavy atom. The SMILES string of the molecule is CN=C(NCc1ccc(F)cc1)NCc1cccnc1OCCOC. The number of rotatable bonds is 8. The monoisotopic (exact) mass is 346 g/mol.